The SMILES string of the molecule is Cc1c[nH]c2c(-c3c(F)cc4c(c3F)/C(=N/OC(C)(C)C)C(O)C(C)(C)N4)cccc12.Cc1c[nH]c2c(-c3c(F)cc4c(c3F)/C(=N\OC(C)(C)C)C(O)C(C)(C)N4)cccc12. The van der Waals surface area contributed by atoms with E-state index in [0.29, 0.717) is 22.2 Å². The first-order valence-electron chi connectivity index (χ1n) is 20.4. The molecule has 8 rings (SSSR count). The number of aryl methyl sites for hydroxylation is 2. The van der Waals surface area contributed by atoms with Crippen LogP contribution in [0.2, 0.25) is 0 Å². The fourth-order valence-corrected chi connectivity index (χ4v) is 7.79. The molecule has 0 amide bonds. The smallest absolute Gasteiger partial charge is 0.145 e. The summed E-state index contributed by atoms with van der Waals surface area (Å²) in [5.74, 6) is -3.00. The number of rotatable bonds is 4. The maximum atomic E-state index is 16.0. The number of fused-ring (bicyclic) bond motifs is 4. The lowest BCUT2D eigenvalue weighted by atomic mass is 9.83. The number of benzene rings is 4. The molecule has 6 aromatic rings. The summed E-state index contributed by atoms with van der Waals surface area (Å²) in [6, 6.07) is 13.2. The minimum atomic E-state index is -1.17. The third-order valence-electron chi connectivity index (χ3n) is 11.0. The molecule has 0 aliphatic carbocycles. The van der Waals surface area contributed by atoms with Crippen molar-refractivity contribution in [2.45, 2.75) is 118 Å². The van der Waals surface area contributed by atoms with Crippen LogP contribution in [0.5, 0.6) is 0 Å². The predicted molar refractivity (Wildman–Crippen MR) is 239 cm³/mol. The van der Waals surface area contributed by atoms with Crippen LogP contribution in [0.3, 0.4) is 0 Å². The van der Waals surface area contributed by atoms with Crippen LogP contribution in [0.25, 0.3) is 44.1 Å². The molecule has 328 valence electrons. The molecule has 14 heteroatoms. The lowest BCUT2D eigenvalue weighted by Gasteiger charge is -2.39. The molecule has 0 bridgehead atoms. The Labute approximate surface area is 358 Å². The Morgan fingerprint density at radius 2 is 0.935 bits per heavy atom. The van der Waals surface area contributed by atoms with Crippen LogP contribution in [0.15, 0.2) is 71.2 Å². The number of halogens is 4. The third-order valence-corrected chi connectivity index (χ3v) is 11.0. The van der Waals surface area contributed by atoms with Gasteiger partial charge < -0.3 is 40.5 Å². The monoisotopic (exact) mass is 854 g/mol. The maximum absolute atomic E-state index is 16.0. The van der Waals surface area contributed by atoms with Crippen molar-refractivity contribution in [3.63, 3.8) is 0 Å². The van der Waals surface area contributed by atoms with Crippen molar-refractivity contribution in [1.82, 2.24) is 9.97 Å². The van der Waals surface area contributed by atoms with Crippen LogP contribution in [0.1, 0.15) is 91.5 Å². The maximum Gasteiger partial charge on any atom is 0.145 e. The van der Waals surface area contributed by atoms with Crippen LogP contribution in [-0.2, 0) is 9.68 Å². The van der Waals surface area contributed by atoms with Crippen molar-refractivity contribution in [2.75, 3.05) is 10.6 Å². The Kier molecular flexibility index (Phi) is 11.0. The summed E-state index contributed by atoms with van der Waals surface area (Å²) in [5, 5.41) is 38.0. The first-order valence-corrected chi connectivity index (χ1v) is 20.4. The molecule has 0 radical (unpaired) electrons. The van der Waals surface area contributed by atoms with Gasteiger partial charge in [-0.15, -0.1) is 0 Å². The Hall–Kier alpha value is -5.86. The van der Waals surface area contributed by atoms with E-state index in [2.05, 4.69) is 30.9 Å². The summed E-state index contributed by atoms with van der Waals surface area (Å²) in [4.78, 5) is 17.3. The van der Waals surface area contributed by atoms with Gasteiger partial charge in [-0.3, -0.25) is 0 Å². The van der Waals surface area contributed by atoms with Crippen LogP contribution in [-0.4, -0.2) is 66.1 Å². The lowest BCUT2D eigenvalue weighted by Crippen LogP contribution is -2.52. The van der Waals surface area contributed by atoms with Crippen molar-refractivity contribution >= 4 is 44.6 Å². The summed E-state index contributed by atoms with van der Waals surface area (Å²) in [5.41, 5.74) is 1.14. The number of nitrogens with one attached hydrogen (secondary N) is 4. The van der Waals surface area contributed by atoms with Gasteiger partial charge in [0.1, 0.15) is 58.1 Å². The highest BCUT2D eigenvalue weighted by Crippen LogP contribution is 2.43. The fraction of sp³-hybridized carbons (Fsp3) is 0.375. The van der Waals surface area contributed by atoms with Crippen LogP contribution in [0, 0.1) is 37.1 Å². The molecular weight excluding hydrogens is 801 g/mol. The van der Waals surface area contributed by atoms with E-state index in [1.807, 2.05) is 26.0 Å². The molecule has 62 heavy (non-hydrogen) atoms. The van der Waals surface area contributed by atoms with Gasteiger partial charge in [-0.25, -0.2) is 17.6 Å². The van der Waals surface area contributed by atoms with Gasteiger partial charge in [-0.1, -0.05) is 46.7 Å². The second-order valence-electron chi connectivity index (χ2n) is 19.2. The van der Waals surface area contributed by atoms with Crippen LogP contribution in [0.4, 0.5) is 28.9 Å². The Balaban J connectivity index is 0.000000186. The number of oxime groups is 2. The summed E-state index contributed by atoms with van der Waals surface area (Å²) in [6.07, 6.45) is 1.28. The first kappa shape index (κ1) is 44.2. The van der Waals surface area contributed by atoms with Gasteiger partial charge in [0.2, 0.25) is 0 Å². The minimum Gasteiger partial charge on any atom is -0.390 e. The van der Waals surface area contributed by atoms with Gasteiger partial charge in [0.25, 0.3) is 0 Å². The second-order valence-corrected chi connectivity index (χ2v) is 19.2. The van der Waals surface area contributed by atoms with Gasteiger partial charge in [0, 0.05) is 45.7 Å². The lowest BCUT2D eigenvalue weighted by molar-refractivity contribution is -0.00199. The second kappa shape index (κ2) is 15.5. The number of aliphatic hydroxyl groups is 2. The molecule has 2 unspecified atom stereocenters. The average molecular weight is 855 g/mol. The van der Waals surface area contributed by atoms with Crippen molar-refractivity contribution in [1.29, 1.82) is 0 Å². The quantitative estimate of drug-likeness (QED) is 0.0771. The van der Waals surface area contributed by atoms with Gasteiger partial charge in [0.05, 0.1) is 44.4 Å². The number of hydrogen-bond acceptors (Lipinski definition) is 8. The molecule has 6 N–H and O–H groups in total. The summed E-state index contributed by atoms with van der Waals surface area (Å²) < 4.78 is 62.5. The topological polar surface area (TPSA) is 139 Å². The number of aliphatic hydroxyl groups excluding tert-OH is 2. The number of H-pyrrole nitrogens is 2. The van der Waals surface area contributed by atoms with Crippen molar-refractivity contribution in [2.24, 2.45) is 10.3 Å². The molecule has 2 atom stereocenters. The fourth-order valence-electron chi connectivity index (χ4n) is 7.79. The van der Waals surface area contributed by atoms with Gasteiger partial charge in [0.15, 0.2) is 0 Å². The van der Waals surface area contributed by atoms with Crippen molar-refractivity contribution in [3.8, 4) is 22.3 Å². The number of anilines is 2. The van der Waals surface area contributed by atoms with Gasteiger partial charge in [-0.05, 0) is 106 Å². The van der Waals surface area contributed by atoms with Gasteiger partial charge in [-0.2, -0.15) is 0 Å². The summed E-state index contributed by atoms with van der Waals surface area (Å²) >= 11 is 0. The Morgan fingerprint density at radius 1 is 0.581 bits per heavy atom. The molecule has 0 fully saturated rings. The number of nitrogens with zero attached hydrogens (tertiary/aromatic N) is 2. The van der Waals surface area contributed by atoms with E-state index in [1.165, 1.54) is 12.1 Å². The highest BCUT2D eigenvalue weighted by molar-refractivity contribution is 6.13. The molecule has 4 aromatic carbocycles. The molecule has 2 aliphatic heterocycles. The third kappa shape index (κ3) is 8.01. The molecule has 0 saturated heterocycles. The zero-order valence-corrected chi connectivity index (χ0v) is 37.0. The number of aromatic nitrogens is 2. The van der Waals surface area contributed by atoms with Crippen LogP contribution >= 0.6 is 0 Å². The largest absolute Gasteiger partial charge is 0.390 e. The summed E-state index contributed by atoms with van der Waals surface area (Å²) in [7, 11) is 0. The zero-order valence-electron chi connectivity index (χ0n) is 37.0. The molecule has 0 saturated carbocycles. The Bertz CT molecular complexity index is 2600. The molecule has 4 heterocycles. The van der Waals surface area contributed by atoms with Crippen LogP contribution < -0.4 is 10.6 Å². The summed E-state index contributed by atoms with van der Waals surface area (Å²) in [6.45, 7) is 21.6. The molecular formula is C48H54F4N6O4. The normalized spacial score (nSPS) is 19.4. The number of hydrogen-bond donors (Lipinski definition) is 6. The average Bonchev–Trinajstić information content (AvgIpc) is 3.74. The first-order chi connectivity index (χ1) is 28.8. The predicted octanol–water partition coefficient (Wildman–Crippen LogP) is 11.0. The zero-order chi connectivity index (χ0) is 45.4. The van der Waals surface area contributed by atoms with E-state index in [9.17, 15) is 10.2 Å². The van der Waals surface area contributed by atoms with E-state index < -0.39 is 57.8 Å². The highest BCUT2D eigenvalue weighted by atomic mass is 19.1. The Morgan fingerprint density at radius 3 is 1.27 bits per heavy atom. The number of para-hydroxylation sites is 2. The van der Waals surface area contributed by atoms with E-state index in [0.717, 1.165) is 21.9 Å². The number of aromatic amines is 2. The molecule has 0 spiro atoms. The molecule has 10 nitrogen and oxygen atoms in total. The van der Waals surface area contributed by atoms with Crippen molar-refractivity contribution < 1.29 is 37.4 Å². The highest BCUT2D eigenvalue weighted by Gasteiger charge is 2.44. The minimum absolute atomic E-state index is 0.00718. The standard InChI is InChI=1S/2C24H27F2N3O2/c2*1-12-11-27-20-13(12)8-7-9-14(20)17-15(25)10-16-18(19(17)26)21(29-31-23(2,3)4)22(30)24(5,6)28-16/h2*7-11,22,27-28,30H,1-6H3/b29-21+;29-21-. The van der Waals surface area contributed by atoms with E-state index in [1.54, 1.807) is 106 Å². The molecule has 2 aromatic heterocycles. The van der Waals surface area contributed by atoms with Crippen molar-refractivity contribution in [3.05, 3.63) is 106 Å². The molecule has 2 aliphatic rings. The van der Waals surface area contributed by atoms with E-state index in [4.69, 9.17) is 9.68 Å². The van der Waals surface area contributed by atoms with E-state index >= 15 is 17.6 Å². The van der Waals surface area contributed by atoms with E-state index in [-0.39, 0.29) is 45.1 Å². The van der Waals surface area contributed by atoms with Gasteiger partial charge >= 0.3 is 0 Å².